The topological polar surface area (TPSA) is 56.8 Å². The Balaban J connectivity index is 1.70. The van der Waals surface area contributed by atoms with Gasteiger partial charge in [-0.1, -0.05) is 24.3 Å². The number of benzene rings is 3. The summed E-state index contributed by atoms with van der Waals surface area (Å²) in [7, 11) is 2.80. The van der Waals surface area contributed by atoms with Crippen LogP contribution in [-0.4, -0.2) is 20.1 Å². The molecule has 0 aliphatic carbocycles. The number of carbonyl (C=O) groups excluding carboxylic acids is 1. The minimum absolute atomic E-state index is 0.0257. The molecule has 32 heavy (non-hydrogen) atoms. The monoisotopic (exact) mass is 455 g/mol. The van der Waals surface area contributed by atoms with Crippen LogP contribution >= 0.6 is 11.3 Å². The quantitative estimate of drug-likeness (QED) is 0.370. The third-order valence-corrected chi connectivity index (χ3v) is 6.01. The molecule has 0 unspecified atom stereocenters. The van der Waals surface area contributed by atoms with Gasteiger partial charge in [-0.25, -0.2) is 8.78 Å². The van der Waals surface area contributed by atoms with Crippen LogP contribution in [0.25, 0.3) is 10.1 Å². The fourth-order valence-corrected chi connectivity index (χ4v) is 4.41. The van der Waals surface area contributed by atoms with Crippen LogP contribution in [0.4, 0.5) is 14.5 Å². The van der Waals surface area contributed by atoms with Gasteiger partial charge >= 0.3 is 0 Å². The minimum Gasteiger partial charge on any atom is -0.493 e. The lowest BCUT2D eigenvalue weighted by atomic mass is 10.1. The summed E-state index contributed by atoms with van der Waals surface area (Å²) in [6.07, 6.45) is 0. The molecule has 0 fully saturated rings. The Bertz CT molecular complexity index is 1270. The molecule has 8 heteroatoms. The maximum Gasteiger partial charge on any atom is 0.266 e. The van der Waals surface area contributed by atoms with Gasteiger partial charge in [0.05, 0.1) is 19.9 Å². The third-order valence-electron chi connectivity index (χ3n) is 4.82. The van der Waals surface area contributed by atoms with Gasteiger partial charge in [0.25, 0.3) is 5.91 Å². The predicted molar refractivity (Wildman–Crippen MR) is 120 cm³/mol. The maximum atomic E-state index is 14.7. The van der Waals surface area contributed by atoms with E-state index in [0.717, 1.165) is 17.4 Å². The molecule has 164 valence electrons. The highest BCUT2D eigenvalue weighted by Gasteiger charge is 2.23. The number of fused-ring (bicyclic) bond motifs is 1. The van der Waals surface area contributed by atoms with Crippen molar-refractivity contribution in [3.8, 4) is 17.2 Å². The van der Waals surface area contributed by atoms with E-state index in [9.17, 15) is 13.6 Å². The number of para-hydroxylation sites is 1. The molecule has 0 bridgehead atoms. The Morgan fingerprint density at radius 3 is 2.38 bits per heavy atom. The number of rotatable bonds is 7. The minimum atomic E-state index is -0.689. The van der Waals surface area contributed by atoms with Crippen LogP contribution in [0.2, 0.25) is 0 Å². The van der Waals surface area contributed by atoms with Crippen molar-refractivity contribution in [1.29, 1.82) is 0 Å². The van der Waals surface area contributed by atoms with Crippen LogP contribution in [-0.2, 0) is 6.61 Å². The molecular formula is C24H19F2NO4S. The standard InChI is InChI=1S/C24H19F2NO4S/c1-29-19-11-17(26)18(12-20(19)30-2)27-24(28)23-15(13-31-14-7-4-3-5-8-14)22-16(25)9-6-10-21(22)32-23/h3-12H,13H2,1-2H3,(H,27,28). The molecule has 1 amide bonds. The van der Waals surface area contributed by atoms with Gasteiger partial charge in [-0.2, -0.15) is 0 Å². The lowest BCUT2D eigenvalue weighted by molar-refractivity contribution is 0.102. The number of methoxy groups -OCH3 is 2. The van der Waals surface area contributed by atoms with E-state index in [1.165, 1.54) is 26.4 Å². The molecule has 0 saturated carbocycles. The summed E-state index contributed by atoms with van der Waals surface area (Å²) in [5.41, 5.74) is 0.311. The van der Waals surface area contributed by atoms with E-state index >= 15 is 0 Å². The van der Waals surface area contributed by atoms with Gasteiger partial charge in [-0.05, 0) is 24.3 Å². The molecule has 0 spiro atoms. The Hall–Kier alpha value is -3.65. The van der Waals surface area contributed by atoms with Crippen molar-refractivity contribution < 1.29 is 27.8 Å². The molecule has 5 nitrogen and oxygen atoms in total. The molecule has 0 radical (unpaired) electrons. The van der Waals surface area contributed by atoms with Crippen molar-refractivity contribution in [1.82, 2.24) is 0 Å². The summed E-state index contributed by atoms with van der Waals surface area (Å²) >= 11 is 1.11. The normalized spacial score (nSPS) is 10.8. The fourth-order valence-electron chi connectivity index (χ4n) is 3.29. The van der Waals surface area contributed by atoms with Crippen LogP contribution in [0.1, 0.15) is 15.2 Å². The summed E-state index contributed by atoms with van der Waals surface area (Å²) < 4.78 is 45.8. The molecule has 0 aliphatic heterocycles. The first kappa shape index (κ1) is 21.6. The molecule has 4 rings (SSSR count). The van der Waals surface area contributed by atoms with Gasteiger partial charge in [0.2, 0.25) is 0 Å². The van der Waals surface area contributed by atoms with E-state index in [0.29, 0.717) is 21.4 Å². The van der Waals surface area contributed by atoms with E-state index in [2.05, 4.69) is 5.32 Å². The highest BCUT2D eigenvalue weighted by molar-refractivity contribution is 7.21. The smallest absolute Gasteiger partial charge is 0.266 e. The van der Waals surface area contributed by atoms with Gasteiger partial charge in [0, 0.05) is 27.8 Å². The lowest BCUT2D eigenvalue weighted by Gasteiger charge is -2.12. The van der Waals surface area contributed by atoms with Crippen LogP contribution < -0.4 is 19.5 Å². The summed E-state index contributed by atoms with van der Waals surface area (Å²) in [4.78, 5) is 13.3. The van der Waals surface area contributed by atoms with Crippen LogP contribution in [0.5, 0.6) is 17.2 Å². The van der Waals surface area contributed by atoms with E-state index in [-0.39, 0.29) is 28.7 Å². The molecule has 0 saturated heterocycles. The van der Waals surface area contributed by atoms with Crippen molar-refractivity contribution in [3.63, 3.8) is 0 Å². The molecule has 0 atom stereocenters. The number of carbonyl (C=O) groups is 1. The zero-order valence-electron chi connectivity index (χ0n) is 17.3. The molecule has 1 heterocycles. The van der Waals surface area contributed by atoms with Crippen molar-refractivity contribution in [2.24, 2.45) is 0 Å². The van der Waals surface area contributed by atoms with E-state index in [1.54, 1.807) is 24.3 Å². The molecule has 3 aromatic carbocycles. The molecule has 1 aromatic heterocycles. The SMILES string of the molecule is COc1cc(F)c(NC(=O)c2sc3cccc(F)c3c2COc2ccccc2)cc1OC. The number of hydrogen-bond donors (Lipinski definition) is 1. The predicted octanol–water partition coefficient (Wildman–Crippen LogP) is 6.03. The number of ether oxygens (including phenoxy) is 3. The first-order valence-corrected chi connectivity index (χ1v) is 10.4. The highest BCUT2D eigenvalue weighted by Crippen LogP contribution is 2.36. The average Bonchev–Trinajstić information content (AvgIpc) is 3.19. The van der Waals surface area contributed by atoms with Gasteiger partial charge < -0.3 is 19.5 Å². The zero-order chi connectivity index (χ0) is 22.7. The van der Waals surface area contributed by atoms with Crippen molar-refractivity contribution in [3.05, 3.63) is 82.7 Å². The van der Waals surface area contributed by atoms with Crippen LogP contribution in [0.15, 0.2) is 60.7 Å². The van der Waals surface area contributed by atoms with Gasteiger partial charge in [-0.3, -0.25) is 4.79 Å². The number of halogens is 2. The summed E-state index contributed by atoms with van der Waals surface area (Å²) in [5.74, 6) is -0.681. The second-order valence-corrected chi connectivity index (χ2v) is 7.82. The Kier molecular flexibility index (Phi) is 6.23. The number of hydrogen-bond acceptors (Lipinski definition) is 5. The second kappa shape index (κ2) is 9.23. The Labute approximate surface area is 187 Å². The van der Waals surface area contributed by atoms with Crippen molar-refractivity contribution in [2.75, 3.05) is 19.5 Å². The molecule has 0 aliphatic rings. The Morgan fingerprint density at radius 2 is 1.66 bits per heavy atom. The summed E-state index contributed by atoms with van der Waals surface area (Å²) in [6, 6.07) is 16.1. The maximum absolute atomic E-state index is 14.7. The third kappa shape index (κ3) is 4.22. The number of thiophene rings is 1. The van der Waals surface area contributed by atoms with Crippen LogP contribution in [0.3, 0.4) is 0 Å². The highest BCUT2D eigenvalue weighted by atomic mass is 32.1. The van der Waals surface area contributed by atoms with E-state index < -0.39 is 17.5 Å². The number of anilines is 1. The van der Waals surface area contributed by atoms with Crippen LogP contribution in [0, 0.1) is 11.6 Å². The zero-order valence-corrected chi connectivity index (χ0v) is 18.1. The Morgan fingerprint density at radius 1 is 0.938 bits per heavy atom. The number of nitrogens with one attached hydrogen (secondary N) is 1. The van der Waals surface area contributed by atoms with Crippen molar-refractivity contribution in [2.45, 2.75) is 6.61 Å². The second-order valence-electron chi connectivity index (χ2n) is 6.77. The summed E-state index contributed by atoms with van der Waals surface area (Å²) in [5, 5.41) is 2.87. The fraction of sp³-hybridized carbons (Fsp3) is 0.125. The molecule has 1 N–H and O–H groups in total. The molecule has 4 aromatic rings. The number of amides is 1. The van der Waals surface area contributed by atoms with E-state index in [4.69, 9.17) is 14.2 Å². The van der Waals surface area contributed by atoms with E-state index in [1.807, 2.05) is 18.2 Å². The first-order chi connectivity index (χ1) is 15.5. The van der Waals surface area contributed by atoms with Gasteiger partial charge in [-0.15, -0.1) is 11.3 Å². The lowest BCUT2D eigenvalue weighted by Crippen LogP contribution is -2.14. The molecular weight excluding hydrogens is 436 g/mol. The van der Waals surface area contributed by atoms with Gasteiger partial charge in [0.1, 0.15) is 23.1 Å². The average molecular weight is 455 g/mol. The van der Waals surface area contributed by atoms with Crippen molar-refractivity contribution >= 4 is 33.0 Å². The first-order valence-electron chi connectivity index (χ1n) is 9.62. The largest absolute Gasteiger partial charge is 0.493 e. The van der Waals surface area contributed by atoms with Gasteiger partial charge in [0.15, 0.2) is 17.3 Å². The summed E-state index contributed by atoms with van der Waals surface area (Å²) in [6.45, 7) is -0.0257.